The number of pyridine rings is 9. The Kier molecular flexibility index (Phi) is 28.7. The van der Waals surface area contributed by atoms with Crippen LogP contribution in [0.15, 0.2) is 305 Å². The lowest BCUT2D eigenvalue weighted by Gasteiger charge is -2.14. The number of aryl methyl sites for hydroxylation is 7. The summed E-state index contributed by atoms with van der Waals surface area (Å²) in [5.41, 5.74) is 16.5. The molecule has 0 fully saturated rings. The van der Waals surface area contributed by atoms with Gasteiger partial charge in [0.1, 0.15) is 28.4 Å². The van der Waals surface area contributed by atoms with Crippen molar-refractivity contribution in [1.82, 2.24) is 62.5 Å². The Balaban J connectivity index is 0.000000137. The molecule has 0 spiro atoms. The summed E-state index contributed by atoms with van der Waals surface area (Å²) in [5.74, 6) is -8.25. The number of hydrogen-bond donors (Lipinski definition) is 6. The maximum atomic E-state index is 14.7. The van der Waals surface area contributed by atoms with E-state index < -0.39 is 70.7 Å². The molecule has 23 nitrogen and oxygen atoms in total. The highest BCUT2D eigenvalue weighted by molar-refractivity contribution is 6.09. The van der Waals surface area contributed by atoms with Crippen LogP contribution in [0.1, 0.15) is 105 Å². The Morgan fingerprint density at radius 1 is 0.315 bits per heavy atom. The largest absolute Gasteiger partial charge is 0.434 e. The van der Waals surface area contributed by atoms with E-state index in [-0.39, 0.29) is 76.7 Å². The second kappa shape index (κ2) is 41.8. The number of fused-ring (bicyclic) bond motifs is 4. The average Bonchev–Trinajstić information content (AvgIpc) is 1.61. The first-order valence-corrected chi connectivity index (χ1v) is 44.0. The first-order chi connectivity index (χ1) is 68.4. The number of carbonyl (C=O) groups is 4. The number of anilines is 4. The average molecular weight is 1930 g/mol. The molecule has 20 rings (SSSR count). The van der Waals surface area contributed by atoms with Crippen molar-refractivity contribution in [1.29, 1.82) is 0 Å². The van der Waals surface area contributed by atoms with Crippen LogP contribution in [-0.4, -0.2) is 96.3 Å². The molecule has 0 radical (unpaired) electrons. The molecule has 0 bridgehead atoms. The molecule has 0 aliphatic rings. The minimum atomic E-state index is -4.88. The summed E-state index contributed by atoms with van der Waals surface area (Å²) in [5, 5.41) is 31.1. The lowest BCUT2D eigenvalue weighted by Crippen LogP contribution is -2.20. The lowest BCUT2D eigenvalue weighted by molar-refractivity contribution is -0.141. The summed E-state index contributed by atoms with van der Waals surface area (Å²) in [6.07, 6.45) is 13.3. The molecule has 0 saturated heterocycles. The van der Waals surface area contributed by atoms with E-state index in [0.29, 0.717) is 129 Å². The number of aromatic nitrogens is 13. The standard InChI is InChI=1S/C28H22F2N4O2.C27H17F5N4O.C27H20F2N4O.C27H22FN5O2.CH4/c1-16-8-10-19(11-9-16)32-28(36)22-13-18(14-31-17(22)2)20-6-4-12-34-26(24(15-35)33-27(20)34)21-5-3-7-23(29)25(21)30;1-15-7-9-17(10-8-15)35-26(37)20-12-16(13-33-24(20)27(30,31)32)18-5-3-11-36-22(14-34-25(18)36)19-4-2-6-21(28)23(19)29;1-16-8-10-19(11-9-16)32-27(34)22-13-18(14-30-17(22)2)20-6-4-12-33-24(15-31-26(20)33)21-5-3-7-23(28)25(21)29;1-16-5-7-21(8-6-16)31-27(35)23-11-18(13-30-17(23)2)22-4-3-9-33-25(24(15-34)32-26(22)33)19-10-20(28)14-29-12-19;/h3-14,35H,15H2,1-2H3,(H,32,36);2-14H,1H3,(H,35,37);3-15H,1-2H3,(H,32,34);3-14,34H,15H2,1-2H3,(H,31,35);1H4. The van der Waals surface area contributed by atoms with Crippen LogP contribution >= 0.6 is 0 Å². The van der Waals surface area contributed by atoms with Crippen molar-refractivity contribution < 1.29 is 73.3 Å². The maximum Gasteiger partial charge on any atom is 0.434 e. The Bertz CT molecular complexity index is 8280. The van der Waals surface area contributed by atoms with Gasteiger partial charge in [0.25, 0.3) is 23.6 Å². The number of amides is 4. The maximum absolute atomic E-state index is 14.7. The first kappa shape index (κ1) is 98.2. The van der Waals surface area contributed by atoms with Crippen LogP contribution in [0.3, 0.4) is 0 Å². The fourth-order valence-electron chi connectivity index (χ4n) is 16.1. The van der Waals surface area contributed by atoms with Crippen LogP contribution in [0, 0.1) is 89.2 Å². The number of alkyl halides is 3. The molecule has 7 aromatic carbocycles. The third-order valence-corrected chi connectivity index (χ3v) is 23.3. The molecule has 13 aromatic heterocycles. The van der Waals surface area contributed by atoms with Gasteiger partial charge in [0, 0.05) is 145 Å². The molecule has 0 atom stereocenters. The van der Waals surface area contributed by atoms with E-state index in [1.807, 2.05) is 119 Å². The van der Waals surface area contributed by atoms with Gasteiger partial charge < -0.3 is 31.5 Å². The molecule has 0 unspecified atom stereocenters. The van der Waals surface area contributed by atoms with Crippen molar-refractivity contribution in [3.05, 3.63) is 424 Å². The summed E-state index contributed by atoms with van der Waals surface area (Å²) in [6.45, 7) is 12.3. The van der Waals surface area contributed by atoms with Gasteiger partial charge in [-0.1, -0.05) is 96.4 Å². The van der Waals surface area contributed by atoms with Gasteiger partial charge in [-0.2, -0.15) is 13.2 Å². The van der Waals surface area contributed by atoms with Crippen molar-refractivity contribution in [2.45, 2.75) is 75.3 Å². The van der Waals surface area contributed by atoms with Crippen LogP contribution in [0.5, 0.6) is 0 Å². The summed E-state index contributed by atoms with van der Waals surface area (Å²) >= 11 is 0. The summed E-state index contributed by atoms with van der Waals surface area (Å²) in [6, 6.07) is 62.6. The third kappa shape index (κ3) is 20.8. The quantitative estimate of drug-likeness (QED) is 0.0435. The highest BCUT2D eigenvalue weighted by Crippen LogP contribution is 2.40. The van der Waals surface area contributed by atoms with Gasteiger partial charge in [0.15, 0.2) is 40.6 Å². The molecule has 33 heteroatoms. The lowest BCUT2D eigenvalue weighted by atomic mass is 10.0. The van der Waals surface area contributed by atoms with Gasteiger partial charge in [0.05, 0.1) is 105 Å². The molecule has 0 aliphatic carbocycles. The van der Waals surface area contributed by atoms with E-state index >= 15 is 0 Å². The van der Waals surface area contributed by atoms with E-state index in [1.54, 1.807) is 150 Å². The number of hydrogen-bond acceptors (Lipinski definition) is 15. The van der Waals surface area contributed by atoms with Crippen molar-refractivity contribution in [2.75, 3.05) is 21.3 Å². The second-order valence-electron chi connectivity index (χ2n) is 33.0. The van der Waals surface area contributed by atoms with Gasteiger partial charge >= 0.3 is 6.18 Å². The Morgan fingerprint density at radius 2 is 0.622 bits per heavy atom. The Labute approximate surface area is 810 Å². The van der Waals surface area contributed by atoms with Crippen LogP contribution in [0.4, 0.5) is 66.7 Å². The van der Waals surface area contributed by atoms with E-state index in [9.17, 15) is 73.3 Å². The number of carbonyl (C=O) groups excluding carboxylic acids is 4. The molecular formula is C110H85F10N17O6. The topological polar surface area (TPSA) is 291 Å². The minimum absolute atomic E-state index is 0. The van der Waals surface area contributed by atoms with E-state index in [0.717, 1.165) is 64.5 Å². The molecule has 0 aliphatic heterocycles. The molecule has 143 heavy (non-hydrogen) atoms. The normalized spacial score (nSPS) is 11.2. The molecule has 0 saturated carbocycles. The number of nitrogens with zero attached hydrogens (tertiary/aromatic N) is 13. The van der Waals surface area contributed by atoms with Crippen LogP contribution in [-0.2, 0) is 19.4 Å². The number of aliphatic hydroxyl groups excluding tert-OH is 2. The zero-order chi connectivity index (χ0) is 100. The predicted octanol–water partition coefficient (Wildman–Crippen LogP) is 24.4. The van der Waals surface area contributed by atoms with Crippen molar-refractivity contribution in [3.8, 4) is 89.5 Å². The van der Waals surface area contributed by atoms with Crippen molar-refractivity contribution in [3.63, 3.8) is 0 Å². The highest BCUT2D eigenvalue weighted by atomic mass is 19.4. The molecule has 13 heterocycles. The van der Waals surface area contributed by atoms with Gasteiger partial charge in [-0.15, -0.1) is 0 Å². The van der Waals surface area contributed by atoms with Crippen LogP contribution < -0.4 is 21.3 Å². The predicted molar refractivity (Wildman–Crippen MR) is 527 cm³/mol. The van der Waals surface area contributed by atoms with E-state index in [2.05, 4.69) is 66.1 Å². The first-order valence-electron chi connectivity index (χ1n) is 44.0. The third-order valence-electron chi connectivity index (χ3n) is 23.3. The number of halogens is 10. The molecule has 20 aromatic rings. The smallest absolute Gasteiger partial charge is 0.390 e. The Hall–Kier alpha value is -17.9. The van der Waals surface area contributed by atoms with Gasteiger partial charge in [-0.05, 0) is 212 Å². The number of aliphatic hydroxyl groups is 2. The van der Waals surface area contributed by atoms with Crippen molar-refractivity contribution in [2.24, 2.45) is 0 Å². The van der Waals surface area contributed by atoms with E-state index in [4.69, 9.17) is 0 Å². The summed E-state index contributed by atoms with van der Waals surface area (Å²) in [4.78, 5) is 90.7. The number of imidazole rings is 4. The minimum Gasteiger partial charge on any atom is -0.390 e. The molecule has 4 amide bonds. The molecule has 716 valence electrons. The summed E-state index contributed by atoms with van der Waals surface area (Å²) < 4.78 is 147. The zero-order valence-corrected chi connectivity index (χ0v) is 76.4. The number of benzene rings is 7. The number of nitrogens with one attached hydrogen (secondary N) is 4. The SMILES string of the molecule is C.Cc1ccc(NC(=O)c2cc(-c3cccn4c(-c5cccc(F)c5F)c(CO)nc34)cnc2C)cc1.Cc1ccc(NC(=O)c2cc(-c3cccn4c(-c5cccc(F)c5F)cnc34)cnc2C(F)(F)F)cc1.Cc1ccc(NC(=O)c2cc(-c3cccn4c(-c5cccc(F)c5F)cnc34)cnc2C)cc1.Cc1ccc(NC(=O)c2cc(-c3cccn4c(-c5cncc(F)c5)c(CO)nc34)cnc2C)cc1. The van der Waals surface area contributed by atoms with Gasteiger partial charge in [-0.3, -0.25) is 61.7 Å². The van der Waals surface area contributed by atoms with Crippen LogP contribution in [0.25, 0.3) is 112 Å². The summed E-state index contributed by atoms with van der Waals surface area (Å²) in [7, 11) is 0. The van der Waals surface area contributed by atoms with Crippen molar-refractivity contribution >= 4 is 69.0 Å². The molecular weight excluding hydrogens is 1850 g/mol. The van der Waals surface area contributed by atoms with Crippen LogP contribution in [0.2, 0.25) is 0 Å². The van der Waals surface area contributed by atoms with Gasteiger partial charge in [-0.25, -0.2) is 50.7 Å². The number of rotatable bonds is 18. The zero-order valence-electron chi connectivity index (χ0n) is 76.4. The fourth-order valence-corrected chi connectivity index (χ4v) is 16.1. The monoisotopic (exact) mass is 1930 g/mol. The Morgan fingerprint density at radius 3 is 0.979 bits per heavy atom. The second-order valence-corrected chi connectivity index (χ2v) is 33.0. The highest BCUT2D eigenvalue weighted by Gasteiger charge is 2.38. The van der Waals surface area contributed by atoms with Gasteiger partial charge in [0.2, 0.25) is 0 Å². The fraction of sp³-hybridized carbons (Fsp3) is 0.100. The molecule has 6 N–H and O–H groups in total. The van der Waals surface area contributed by atoms with E-state index in [1.165, 1.54) is 65.5 Å².